The highest BCUT2D eigenvalue weighted by atomic mass is 16.5. The molecule has 0 spiro atoms. The van der Waals surface area contributed by atoms with Gasteiger partial charge >= 0.3 is 0 Å². The average Bonchev–Trinajstić information content (AvgIpc) is 2.67. The number of benzene rings is 2. The highest BCUT2D eigenvalue weighted by Gasteiger charge is 2.15. The first-order chi connectivity index (χ1) is 12.6. The smallest absolute Gasteiger partial charge is 0.261 e. The number of ether oxygens (including phenoxy) is 2. The molecule has 0 unspecified atom stereocenters. The van der Waals surface area contributed by atoms with Gasteiger partial charge in [-0.05, 0) is 50.2 Å². The minimum atomic E-state index is -0.0584. The van der Waals surface area contributed by atoms with Crippen molar-refractivity contribution in [2.75, 3.05) is 20.8 Å². The summed E-state index contributed by atoms with van der Waals surface area (Å²) in [5.41, 5.74) is 8.10. The third kappa shape index (κ3) is 3.28. The van der Waals surface area contributed by atoms with E-state index in [1.165, 1.54) is 0 Å². The molecule has 3 aromatic rings. The zero-order valence-electron chi connectivity index (χ0n) is 15.3. The minimum Gasteiger partial charge on any atom is -0.493 e. The van der Waals surface area contributed by atoms with E-state index in [1.54, 1.807) is 18.8 Å². The van der Waals surface area contributed by atoms with E-state index < -0.39 is 0 Å². The number of rotatable bonds is 6. The van der Waals surface area contributed by atoms with Gasteiger partial charge < -0.3 is 15.2 Å². The van der Waals surface area contributed by atoms with Gasteiger partial charge in [0.2, 0.25) is 0 Å². The number of aromatic nitrogens is 2. The van der Waals surface area contributed by atoms with Gasteiger partial charge in [0.15, 0.2) is 11.5 Å². The molecule has 2 N–H and O–H groups in total. The van der Waals surface area contributed by atoms with E-state index in [2.05, 4.69) is 0 Å². The molecule has 2 aromatic carbocycles. The number of fused-ring (bicyclic) bond motifs is 1. The average molecular weight is 353 g/mol. The van der Waals surface area contributed by atoms with Crippen LogP contribution in [0.5, 0.6) is 11.5 Å². The molecule has 136 valence electrons. The lowest BCUT2D eigenvalue weighted by atomic mass is 10.1. The van der Waals surface area contributed by atoms with E-state index in [0.717, 1.165) is 11.1 Å². The Hall–Kier alpha value is -2.86. The number of methoxy groups -OCH3 is 2. The van der Waals surface area contributed by atoms with Gasteiger partial charge in [0.1, 0.15) is 5.82 Å². The first kappa shape index (κ1) is 17.9. The number of aryl methyl sites for hydroxylation is 1. The van der Waals surface area contributed by atoms with Gasteiger partial charge in [-0.15, -0.1) is 0 Å². The van der Waals surface area contributed by atoms with Crippen LogP contribution < -0.4 is 20.8 Å². The van der Waals surface area contributed by atoms with Crippen molar-refractivity contribution in [3.63, 3.8) is 0 Å². The largest absolute Gasteiger partial charge is 0.493 e. The van der Waals surface area contributed by atoms with Crippen molar-refractivity contribution in [1.29, 1.82) is 0 Å². The fourth-order valence-corrected chi connectivity index (χ4v) is 2.99. The van der Waals surface area contributed by atoms with E-state index in [-0.39, 0.29) is 5.56 Å². The predicted molar refractivity (Wildman–Crippen MR) is 103 cm³/mol. The molecule has 6 nitrogen and oxygen atoms in total. The van der Waals surface area contributed by atoms with Gasteiger partial charge in [-0.1, -0.05) is 11.6 Å². The zero-order chi connectivity index (χ0) is 18.7. The van der Waals surface area contributed by atoms with Gasteiger partial charge in [0.05, 0.1) is 25.1 Å². The van der Waals surface area contributed by atoms with Gasteiger partial charge in [-0.25, -0.2) is 4.98 Å². The summed E-state index contributed by atoms with van der Waals surface area (Å²) in [5, 5.41) is 0.617. The summed E-state index contributed by atoms with van der Waals surface area (Å²) in [6.45, 7) is 2.98. The van der Waals surface area contributed by atoms with Crippen LogP contribution in [0.4, 0.5) is 0 Å². The molecular formula is C20H23N3O3. The van der Waals surface area contributed by atoms with Gasteiger partial charge in [-0.2, -0.15) is 0 Å². The first-order valence-electron chi connectivity index (χ1n) is 8.52. The van der Waals surface area contributed by atoms with E-state index in [9.17, 15) is 4.79 Å². The Labute approximate surface area is 152 Å². The summed E-state index contributed by atoms with van der Waals surface area (Å²) < 4.78 is 12.4. The lowest BCUT2D eigenvalue weighted by Crippen LogP contribution is -2.24. The third-order valence-electron chi connectivity index (χ3n) is 4.34. The number of hydrogen-bond acceptors (Lipinski definition) is 5. The summed E-state index contributed by atoms with van der Waals surface area (Å²) in [5.74, 6) is 1.82. The standard InChI is InChI=1S/C20H23N3O3/c1-13-5-7-16-15(11-13)20(24)23(10-4-9-21)19(22-16)14-6-8-17(25-2)18(12-14)26-3/h5-8,11-12H,4,9-10,21H2,1-3H3. The van der Waals surface area contributed by atoms with Crippen molar-refractivity contribution in [3.05, 3.63) is 52.3 Å². The Balaban J connectivity index is 2.27. The highest BCUT2D eigenvalue weighted by molar-refractivity contribution is 5.80. The summed E-state index contributed by atoms with van der Waals surface area (Å²) in [7, 11) is 3.17. The molecule has 26 heavy (non-hydrogen) atoms. The van der Waals surface area contributed by atoms with Gasteiger partial charge in [0.25, 0.3) is 5.56 Å². The number of hydrogen-bond donors (Lipinski definition) is 1. The van der Waals surface area contributed by atoms with Crippen molar-refractivity contribution in [2.24, 2.45) is 5.73 Å². The van der Waals surface area contributed by atoms with Crippen molar-refractivity contribution < 1.29 is 9.47 Å². The van der Waals surface area contributed by atoms with Crippen molar-refractivity contribution >= 4 is 10.9 Å². The molecule has 0 saturated carbocycles. The molecule has 0 atom stereocenters. The second-order valence-corrected chi connectivity index (χ2v) is 6.12. The Kier molecular flexibility index (Phi) is 5.23. The van der Waals surface area contributed by atoms with Crippen LogP contribution in [0.2, 0.25) is 0 Å². The molecule has 0 saturated heterocycles. The molecular weight excluding hydrogens is 330 g/mol. The number of nitrogens with two attached hydrogens (primary N) is 1. The van der Waals surface area contributed by atoms with E-state index in [0.29, 0.717) is 47.7 Å². The minimum absolute atomic E-state index is 0.0584. The Morgan fingerprint density at radius 3 is 2.54 bits per heavy atom. The van der Waals surface area contributed by atoms with Crippen LogP contribution in [0.1, 0.15) is 12.0 Å². The zero-order valence-corrected chi connectivity index (χ0v) is 15.3. The molecule has 1 aromatic heterocycles. The molecule has 3 rings (SSSR count). The van der Waals surface area contributed by atoms with Gasteiger partial charge in [-0.3, -0.25) is 9.36 Å². The maximum Gasteiger partial charge on any atom is 0.261 e. The second kappa shape index (κ2) is 7.58. The lowest BCUT2D eigenvalue weighted by molar-refractivity contribution is 0.355. The fraction of sp³-hybridized carbons (Fsp3) is 0.300. The van der Waals surface area contributed by atoms with Crippen molar-refractivity contribution in [1.82, 2.24) is 9.55 Å². The molecule has 0 radical (unpaired) electrons. The normalized spacial score (nSPS) is 10.9. The molecule has 0 aliphatic carbocycles. The molecule has 6 heteroatoms. The van der Waals surface area contributed by atoms with E-state index in [4.69, 9.17) is 20.2 Å². The quantitative estimate of drug-likeness (QED) is 0.737. The van der Waals surface area contributed by atoms with Crippen molar-refractivity contribution in [2.45, 2.75) is 19.9 Å². The van der Waals surface area contributed by atoms with Crippen LogP contribution in [-0.4, -0.2) is 30.3 Å². The van der Waals surface area contributed by atoms with Crippen LogP contribution in [0.15, 0.2) is 41.2 Å². The van der Waals surface area contributed by atoms with Crippen molar-refractivity contribution in [3.8, 4) is 22.9 Å². The lowest BCUT2D eigenvalue weighted by Gasteiger charge is -2.15. The summed E-state index contributed by atoms with van der Waals surface area (Å²) in [4.78, 5) is 17.8. The molecule has 0 bridgehead atoms. The third-order valence-corrected chi connectivity index (χ3v) is 4.34. The fourth-order valence-electron chi connectivity index (χ4n) is 2.99. The molecule has 0 aliphatic heterocycles. The monoisotopic (exact) mass is 353 g/mol. The summed E-state index contributed by atoms with van der Waals surface area (Å²) in [6, 6.07) is 11.2. The Bertz CT molecular complexity index is 995. The maximum absolute atomic E-state index is 13.1. The van der Waals surface area contributed by atoms with Crippen LogP contribution in [0, 0.1) is 6.92 Å². The van der Waals surface area contributed by atoms with E-state index >= 15 is 0 Å². The van der Waals surface area contributed by atoms with Crippen LogP contribution in [-0.2, 0) is 6.54 Å². The SMILES string of the molecule is COc1ccc(-c2nc3ccc(C)cc3c(=O)n2CCCN)cc1OC. The summed E-state index contributed by atoms with van der Waals surface area (Å²) >= 11 is 0. The molecule has 0 amide bonds. The first-order valence-corrected chi connectivity index (χ1v) is 8.52. The van der Waals surface area contributed by atoms with Crippen LogP contribution in [0.3, 0.4) is 0 Å². The predicted octanol–water partition coefficient (Wildman–Crippen LogP) is 2.74. The Morgan fingerprint density at radius 2 is 1.85 bits per heavy atom. The molecule has 0 aliphatic rings. The van der Waals surface area contributed by atoms with Crippen LogP contribution in [0.25, 0.3) is 22.3 Å². The topological polar surface area (TPSA) is 79.4 Å². The van der Waals surface area contributed by atoms with Crippen LogP contribution >= 0.6 is 0 Å². The van der Waals surface area contributed by atoms with Gasteiger partial charge in [0, 0.05) is 12.1 Å². The second-order valence-electron chi connectivity index (χ2n) is 6.12. The van der Waals surface area contributed by atoms with E-state index in [1.807, 2.05) is 43.3 Å². The molecule has 0 fully saturated rings. The summed E-state index contributed by atoms with van der Waals surface area (Å²) in [6.07, 6.45) is 0.694. The number of nitrogens with zero attached hydrogens (tertiary/aromatic N) is 2. The maximum atomic E-state index is 13.1. The molecule has 1 heterocycles. The Morgan fingerprint density at radius 1 is 1.08 bits per heavy atom. The highest BCUT2D eigenvalue weighted by Crippen LogP contribution is 2.31.